The van der Waals surface area contributed by atoms with Crippen molar-refractivity contribution < 1.29 is 14.3 Å². The van der Waals surface area contributed by atoms with Gasteiger partial charge in [0.25, 0.3) is 5.91 Å². The van der Waals surface area contributed by atoms with Gasteiger partial charge in [0.2, 0.25) is 0 Å². The number of hydrogen-bond acceptors (Lipinski definition) is 3. The van der Waals surface area contributed by atoms with Crippen LogP contribution in [0.4, 0.5) is 0 Å². The molecule has 3 rings (SSSR count). The summed E-state index contributed by atoms with van der Waals surface area (Å²) in [5, 5.41) is 4.70. The van der Waals surface area contributed by atoms with Gasteiger partial charge in [0, 0.05) is 12.0 Å². The summed E-state index contributed by atoms with van der Waals surface area (Å²) < 4.78 is 4.93. The Labute approximate surface area is 159 Å². The second kappa shape index (κ2) is 8.04. The molecule has 0 saturated carbocycles. The molecule has 4 heteroatoms. The standard InChI is InChI=1S/C23H23NO3/c1-15-8-6-9-16(2)20(15)14-21(23(26)27-3)24-22(25)19-13-7-11-17-10-4-5-12-18(17)19/h4-13,21H,14H2,1-3H3,(H,24,25)/t21-/m1/s1. The van der Waals surface area contributed by atoms with Gasteiger partial charge in [-0.15, -0.1) is 0 Å². The number of hydrogen-bond donors (Lipinski definition) is 1. The van der Waals surface area contributed by atoms with E-state index in [1.54, 1.807) is 6.07 Å². The summed E-state index contributed by atoms with van der Waals surface area (Å²) >= 11 is 0. The van der Waals surface area contributed by atoms with E-state index >= 15 is 0 Å². The Bertz CT molecular complexity index is 968. The molecule has 3 aromatic rings. The Balaban J connectivity index is 1.90. The molecule has 0 radical (unpaired) electrons. The van der Waals surface area contributed by atoms with Gasteiger partial charge in [-0.05, 0) is 47.4 Å². The topological polar surface area (TPSA) is 55.4 Å². The molecule has 4 nitrogen and oxygen atoms in total. The van der Waals surface area contributed by atoms with Crippen molar-refractivity contribution in [3.05, 3.63) is 82.9 Å². The summed E-state index contributed by atoms with van der Waals surface area (Å²) in [6, 6.07) is 18.5. The zero-order chi connectivity index (χ0) is 19.4. The normalized spacial score (nSPS) is 11.8. The monoisotopic (exact) mass is 361 g/mol. The van der Waals surface area contributed by atoms with Crippen molar-refractivity contribution in [2.24, 2.45) is 0 Å². The molecule has 0 fully saturated rings. The molecule has 0 aliphatic heterocycles. The number of ether oxygens (including phenoxy) is 1. The fraction of sp³-hybridized carbons (Fsp3) is 0.217. The number of amides is 1. The predicted molar refractivity (Wildman–Crippen MR) is 107 cm³/mol. The Hall–Kier alpha value is -3.14. The van der Waals surface area contributed by atoms with Crippen LogP contribution in [0.2, 0.25) is 0 Å². The second-order valence-corrected chi connectivity index (χ2v) is 6.65. The second-order valence-electron chi connectivity index (χ2n) is 6.65. The zero-order valence-electron chi connectivity index (χ0n) is 15.8. The molecule has 27 heavy (non-hydrogen) atoms. The van der Waals surface area contributed by atoms with Gasteiger partial charge in [0.1, 0.15) is 6.04 Å². The van der Waals surface area contributed by atoms with Gasteiger partial charge in [0.15, 0.2) is 0 Å². The van der Waals surface area contributed by atoms with Crippen molar-refractivity contribution in [1.82, 2.24) is 5.32 Å². The van der Waals surface area contributed by atoms with Crippen LogP contribution in [0.1, 0.15) is 27.0 Å². The molecular weight excluding hydrogens is 338 g/mol. The number of aryl methyl sites for hydroxylation is 2. The summed E-state index contributed by atoms with van der Waals surface area (Å²) in [5.74, 6) is -0.736. The molecule has 0 aliphatic rings. The van der Waals surface area contributed by atoms with Crippen LogP contribution in [-0.4, -0.2) is 25.0 Å². The summed E-state index contributed by atoms with van der Waals surface area (Å²) in [7, 11) is 1.34. The van der Waals surface area contributed by atoms with E-state index in [2.05, 4.69) is 5.32 Å². The van der Waals surface area contributed by atoms with Gasteiger partial charge in [-0.1, -0.05) is 54.6 Å². The van der Waals surface area contributed by atoms with Gasteiger partial charge in [0.05, 0.1) is 7.11 Å². The molecular formula is C23H23NO3. The summed E-state index contributed by atoms with van der Waals surface area (Å²) in [4.78, 5) is 25.3. The van der Waals surface area contributed by atoms with Crippen molar-refractivity contribution >= 4 is 22.6 Å². The van der Waals surface area contributed by atoms with E-state index in [0.29, 0.717) is 12.0 Å². The van der Waals surface area contributed by atoms with E-state index in [0.717, 1.165) is 27.5 Å². The lowest BCUT2D eigenvalue weighted by Gasteiger charge is -2.19. The SMILES string of the molecule is COC(=O)[C@@H](Cc1c(C)cccc1C)NC(=O)c1cccc2ccccc12. The number of carbonyl (C=O) groups excluding carboxylic acids is 2. The fourth-order valence-corrected chi connectivity index (χ4v) is 3.37. The van der Waals surface area contributed by atoms with Crippen LogP contribution in [0.25, 0.3) is 10.8 Å². The molecule has 0 aliphatic carbocycles. The van der Waals surface area contributed by atoms with Gasteiger partial charge in [-0.25, -0.2) is 4.79 Å². The van der Waals surface area contributed by atoms with Crippen molar-refractivity contribution in [3.8, 4) is 0 Å². The molecule has 0 aromatic heterocycles. The molecule has 1 amide bonds. The van der Waals surface area contributed by atoms with E-state index in [4.69, 9.17) is 4.74 Å². The summed E-state index contributed by atoms with van der Waals surface area (Å²) in [6.45, 7) is 4.01. The first kappa shape index (κ1) is 18.6. The van der Waals surface area contributed by atoms with Crippen LogP contribution in [0.3, 0.4) is 0 Å². The third kappa shape index (κ3) is 4.00. The minimum atomic E-state index is -0.749. The van der Waals surface area contributed by atoms with Gasteiger partial charge in [-0.2, -0.15) is 0 Å². The number of esters is 1. The maximum atomic E-state index is 12.9. The number of benzene rings is 3. The van der Waals surface area contributed by atoms with E-state index in [1.165, 1.54) is 7.11 Å². The first-order valence-corrected chi connectivity index (χ1v) is 8.93. The molecule has 0 spiro atoms. The highest BCUT2D eigenvalue weighted by atomic mass is 16.5. The molecule has 0 bridgehead atoms. The van der Waals surface area contributed by atoms with E-state index in [9.17, 15) is 9.59 Å². The Morgan fingerprint density at radius 1 is 0.926 bits per heavy atom. The summed E-state index contributed by atoms with van der Waals surface area (Å²) in [5.41, 5.74) is 3.77. The minimum absolute atomic E-state index is 0.284. The third-order valence-electron chi connectivity index (χ3n) is 4.88. The number of fused-ring (bicyclic) bond motifs is 1. The first-order valence-electron chi connectivity index (χ1n) is 8.93. The van der Waals surface area contributed by atoms with Crippen LogP contribution < -0.4 is 5.32 Å². The van der Waals surface area contributed by atoms with Gasteiger partial charge < -0.3 is 10.1 Å². The van der Waals surface area contributed by atoms with Crippen molar-refractivity contribution in [2.75, 3.05) is 7.11 Å². The molecule has 0 saturated heterocycles. The Morgan fingerprint density at radius 3 is 2.26 bits per heavy atom. The Kier molecular flexibility index (Phi) is 5.55. The quantitative estimate of drug-likeness (QED) is 0.700. The van der Waals surface area contributed by atoms with E-state index in [1.807, 2.05) is 68.4 Å². The number of methoxy groups -OCH3 is 1. The van der Waals surface area contributed by atoms with Gasteiger partial charge >= 0.3 is 5.97 Å². The van der Waals surface area contributed by atoms with Crippen molar-refractivity contribution in [3.63, 3.8) is 0 Å². The highest BCUT2D eigenvalue weighted by molar-refractivity contribution is 6.08. The summed E-state index contributed by atoms with van der Waals surface area (Å²) in [6.07, 6.45) is 0.391. The largest absolute Gasteiger partial charge is 0.467 e. The molecule has 0 heterocycles. The highest BCUT2D eigenvalue weighted by Gasteiger charge is 2.24. The lowest BCUT2D eigenvalue weighted by Crippen LogP contribution is -2.43. The van der Waals surface area contributed by atoms with Crippen molar-refractivity contribution in [1.29, 1.82) is 0 Å². The van der Waals surface area contributed by atoms with E-state index in [-0.39, 0.29) is 5.91 Å². The molecule has 0 unspecified atom stereocenters. The van der Waals surface area contributed by atoms with E-state index < -0.39 is 12.0 Å². The first-order chi connectivity index (χ1) is 13.0. The smallest absolute Gasteiger partial charge is 0.328 e. The van der Waals surface area contributed by atoms with Gasteiger partial charge in [-0.3, -0.25) is 4.79 Å². The molecule has 3 aromatic carbocycles. The average Bonchev–Trinajstić information content (AvgIpc) is 2.68. The number of nitrogens with one attached hydrogen (secondary N) is 1. The third-order valence-corrected chi connectivity index (χ3v) is 4.88. The van der Waals surface area contributed by atoms with Crippen molar-refractivity contribution in [2.45, 2.75) is 26.3 Å². The minimum Gasteiger partial charge on any atom is -0.467 e. The average molecular weight is 361 g/mol. The lowest BCUT2D eigenvalue weighted by molar-refractivity contribution is -0.142. The zero-order valence-corrected chi connectivity index (χ0v) is 15.8. The van der Waals surface area contributed by atoms with Crippen LogP contribution in [0, 0.1) is 13.8 Å². The highest BCUT2D eigenvalue weighted by Crippen LogP contribution is 2.20. The van der Waals surface area contributed by atoms with Crippen LogP contribution in [0.15, 0.2) is 60.7 Å². The van der Waals surface area contributed by atoms with Crippen LogP contribution in [-0.2, 0) is 16.0 Å². The van der Waals surface area contributed by atoms with Crippen LogP contribution in [0.5, 0.6) is 0 Å². The molecule has 1 atom stereocenters. The number of carbonyl (C=O) groups is 2. The Morgan fingerprint density at radius 2 is 1.56 bits per heavy atom. The maximum Gasteiger partial charge on any atom is 0.328 e. The van der Waals surface area contributed by atoms with Crippen LogP contribution >= 0.6 is 0 Å². The molecule has 138 valence electrons. The number of rotatable bonds is 5. The maximum absolute atomic E-state index is 12.9. The predicted octanol–water partition coefficient (Wildman–Crippen LogP) is 3.97. The lowest BCUT2D eigenvalue weighted by atomic mass is 9.96. The molecule has 1 N–H and O–H groups in total. The fourth-order valence-electron chi connectivity index (χ4n) is 3.37.